The van der Waals surface area contributed by atoms with Crippen molar-refractivity contribution in [1.29, 1.82) is 0 Å². The normalized spacial score (nSPS) is 10.9. The van der Waals surface area contributed by atoms with E-state index in [-0.39, 0.29) is 18.1 Å². The van der Waals surface area contributed by atoms with Gasteiger partial charge < -0.3 is 10.6 Å². The van der Waals surface area contributed by atoms with Gasteiger partial charge in [-0.3, -0.25) is 9.59 Å². The third-order valence-electron chi connectivity index (χ3n) is 4.88. The lowest BCUT2D eigenvalue weighted by molar-refractivity contribution is -0.129. The van der Waals surface area contributed by atoms with Gasteiger partial charge in [-0.05, 0) is 17.2 Å². The van der Waals surface area contributed by atoms with Crippen LogP contribution in [0.1, 0.15) is 12.0 Å². The second-order valence-corrected chi connectivity index (χ2v) is 9.17. The predicted octanol–water partition coefficient (Wildman–Crippen LogP) is 4.35. The molecule has 6 nitrogen and oxygen atoms in total. The zero-order chi connectivity index (χ0) is 22.3. The second kappa shape index (κ2) is 10.4. The van der Waals surface area contributed by atoms with Gasteiger partial charge in [-0.1, -0.05) is 72.4 Å². The number of thiophene rings is 1. The Balaban J connectivity index is 1.49. The van der Waals surface area contributed by atoms with Crippen molar-refractivity contribution in [2.45, 2.75) is 18.0 Å². The zero-order valence-corrected chi connectivity index (χ0v) is 18.9. The molecule has 4 rings (SSSR count). The van der Waals surface area contributed by atoms with Crippen LogP contribution in [0.3, 0.4) is 0 Å². The highest BCUT2D eigenvalue weighted by molar-refractivity contribution is 8.00. The molecule has 2 amide bonds. The van der Waals surface area contributed by atoms with Gasteiger partial charge in [-0.25, -0.2) is 9.97 Å². The molecule has 0 saturated heterocycles. The lowest BCUT2D eigenvalue weighted by Gasteiger charge is -2.22. The van der Waals surface area contributed by atoms with Crippen LogP contribution in [0.5, 0.6) is 0 Å². The SMILES string of the molecule is NC(=O)CCN(Cc1ccccc1)C(=O)CSc1ncnc2sc(-c3ccccc3)cc12. The molecule has 4 aromatic rings. The maximum absolute atomic E-state index is 13.0. The van der Waals surface area contributed by atoms with E-state index in [0.29, 0.717) is 13.1 Å². The van der Waals surface area contributed by atoms with Crippen LogP contribution in [0.25, 0.3) is 20.7 Å². The fourth-order valence-electron chi connectivity index (χ4n) is 3.26. The Bertz CT molecular complexity index is 1210. The summed E-state index contributed by atoms with van der Waals surface area (Å²) >= 11 is 2.99. The number of carbonyl (C=O) groups excluding carboxylic acids is 2. The third-order valence-corrected chi connectivity index (χ3v) is 6.96. The Hall–Kier alpha value is -3.23. The second-order valence-electron chi connectivity index (χ2n) is 7.18. The van der Waals surface area contributed by atoms with Crippen molar-refractivity contribution in [3.8, 4) is 10.4 Å². The topological polar surface area (TPSA) is 89.2 Å². The minimum atomic E-state index is -0.423. The summed E-state index contributed by atoms with van der Waals surface area (Å²) in [5.74, 6) is -0.271. The highest BCUT2D eigenvalue weighted by atomic mass is 32.2. The lowest BCUT2D eigenvalue weighted by atomic mass is 10.2. The summed E-state index contributed by atoms with van der Waals surface area (Å²) in [5, 5.41) is 1.72. The number of nitrogens with zero attached hydrogens (tertiary/aromatic N) is 3. The minimum absolute atomic E-state index is 0.0645. The Labute approximate surface area is 194 Å². The Morgan fingerprint density at radius 2 is 1.72 bits per heavy atom. The molecule has 32 heavy (non-hydrogen) atoms. The van der Waals surface area contributed by atoms with Crippen molar-refractivity contribution < 1.29 is 9.59 Å². The van der Waals surface area contributed by atoms with E-state index in [9.17, 15) is 9.59 Å². The van der Waals surface area contributed by atoms with Crippen LogP contribution in [0.4, 0.5) is 0 Å². The number of aromatic nitrogens is 2. The summed E-state index contributed by atoms with van der Waals surface area (Å²) in [5.41, 5.74) is 7.45. The maximum Gasteiger partial charge on any atom is 0.233 e. The molecule has 2 N–H and O–H groups in total. The van der Waals surface area contributed by atoms with Crippen molar-refractivity contribution in [2.24, 2.45) is 5.73 Å². The lowest BCUT2D eigenvalue weighted by Crippen LogP contribution is -2.34. The van der Waals surface area contributed by atoms with Gasteiger partial charge in [0.2, 0.25) is 11.8 Å². The van der Waals surface area contributed by atoms with E-state index in [1.54, 1.807) is 16.2 Å². The van der Waals surface area contributed by atoms with Gasteiger partial charge in [0.1, 0.15) is 16.2 Å². The van der Waals surface area contributed by atoms with E-state index in [4.69, 9.17) is 5.73 Å². The maximum atomic E-state index is 13.0. The van der Waals surface area contributed by atoms with Crippen LogP contribution >= 0.6 is 23.1 Å². The number of carbonyl (C=O) groups is 2. The molecule has 0 saturated carbocycles. The van der Waals surface area contributed by atoms with Gasteiger partial charge >= 0.3 is 0 Å². The van der Waals surface area contributed by atoms with Crippen molar-refractivity contribution in [3.05, 3.63) is 78.6 Å². The molecule has 162 valence electrons. The van der Waals surface area contributed by atoms with Crippen LogP contribution < -0.4 is 5.73 Å². The van der Waals surface area contributed by atoms with Crippen LogP contribution in [-0.4, -0.2) is 39.0 Å². The minimum Gasteiger partial charge on any atom is -0.370 e. The summed E-state index contributed by atoms with van der Waals surface area (Å²) in [6.07, 6.45) is 1.67. The van der Waals surface area contributed by atoms with E-state index in [1.165, 1.54) is 18.1 Å². The number of hydrogen-bond donors (Lipinski definition) is 1. The van der Waals surface area contributed by atoms with Gasteiger partial charge in [0.05, 0.1) is 5.75 Å². The van der Waals surface area contributed by atoms with Gasteiger partial charge in [0.15, 0.2) is 0 Å². The number of amides is 2. The molecule has 0 aliphatic carbocycles. The first-order valence-corrected chi connectivity index (χ1v) is 11.9. The predicted molar refractivity (Wildman–Crippen MR) is 129 cm³/mol. The van der Waals surface area contributed by atoms with Gasteiger partial charge in [0.25, 0.3) is 0 Å². The van der Waals surface area contributed by atoms with E-state index in [1.807, 2.05) is 48.5 Å². The summed E-state index contributed by atoms with van der Waals surface area (Å²) in [6, 6.07) is 21.9. The molecule has 2 aromatic carbocycles. The molecular formula is C24H22N4O2S2. The largest absolute Gasteiger partial charge is 0.370 e. The molecule has 0 unspecified atom stereocenters. The standard InChI is InChI=1S/C24H22N4O2S2/c25-21(29)11-12-28(14-17-7-3-1-4-8-17)22(30)15-31-23-19-13-20(18-9-5-2-6-10-18)32-24(19)27-16-26-23/h1-10,13,16H,11-12,14-15H2,(H2,25,29). The Kier molecular flexibility index (Phi) is 7.14. The number of benzene rings is 2. The number of thioether (sulfide) groups is 1. The first-order valence-electron chi connectivity index (χ1n) is 10.1. The summed E-state index contributed by atoms with van der Waals surface area (Å²) in [6.45, 7) is 0.725. The van der Waals surface area contributed by atoms with Crippen LogP contribution in [0.2, 0.25) is 0 Å². The van der Waals surface area contributed by atoms with Gasteiger partial charge in [-0.15, -0.1) is 11.3 Å². The van der Waals surface area contributed by atoms with Crippen molar-refractivity contribution in [3.63, 3.8) is 0 Å². The average Bonchev–Trinajstić information content (AvgIpc) is 3.26. The van der Waals surface area contributed by atoms with Crippen LogP contribution in [0, 0.1) is 0 Å². The van der Waals surface area contributed by atoms with Gasteiger partial charge in [0, 0.05) is 29.8 Å². The highest BCUT2D eigenvalue weighted by Crippen LogP contribution is 2.36. The summed E-state index contributed by atoms with van der Waals surface area (Å²) in [4.78, 5) is 36.8. The fourth-order valence-corrected chi connectivity index (χ4v) is 5.20. The molecular weight excluding hydrogens is 440 g/mol. The summed E-state index contributed by atoms with van der Waals surface area (Å²) in [7, 11) is 0. The first kappa shape index (κ1) is 22.0. The number of hydrogen-bond acceptors (Lipinski definition) is 6. The van der Waals surface area contributed by atoms with E-state index in [2.05, 4.69) is 28.2 Å². The number of fused-ring (bicyclic) bond motifs is 1. The zero-order valence-electron chi connectivity index (χ0n) is 17.3. The number of nitrogens with two attached hydrogens (primary N) is 1. The first-order chi connectivity index (χ1) is 15.6. The molecule has 0 spiro atoms. The van der Waals surface area contributed by atoms with Crippen LogP contribution in [-0.2, 0) is 16.1 Å². The molecule has 0 bridgehead atoms. The molecule has 0 fully saturated rings. The summed E-state index contributed by atoms with van der Waals surface area (Å²) < 4.78 is 0. The number of primary amides is 1. The molecule has 2 heterocycles. The smallest absolute Gasteiger partial charge is 0.233 e. The average molecular weight is 463 g/mol. The monoisotopic (exact) mass is 462 g/mol. The number of rotatable bonds is 9. The van der Waals surface area contributed by atoms with E-state index in [0.717, 1.165) is 31.2 Å². The van der Waals surface area contributed by atoms with E-state index < -0.39 is 5.91 Å². The molecule has 0 aliphatic rings. The fraction of sp³-hybridized carbons (Fsp3) is 0.167. The molecule has 0 atom stereocenters. The van der Waals surface area contributed by atoms with Crippen molar-refractivity contribution in [2.75, 3.05) is 12.3 Å². The highest BCUT2D eigenvalue weighted by Gasteiger charge is 2.17. The molecule has 0 radical (unpaired) electrons. The Morgan fingerprint density at radius 3 is 2.44 bits per heavy atom. The molecule has 8 heteroatoms. The van der Waals surface area contributed by atoms with Gasteiger partial charge in [-0.2, -0.15) is 0 Å². The van der Waals surface area contributed by atoms with E-state index >= 15 is 0 Å². The molecule has 0 aliphatic heterocycles. The van der Waals surface area contributed by atoms with Crippen molar-refractivity contribution >= 4 is 45.1 Å². The van der Waals surface area contributed by atoms with Crippen molar-refractivity contribution in [1.82, 2.24) is 14.9 Å². The quantitative estimate of drug-likeness (QED) is 0.295. The third kappa shape index (κ3) is 5.52. The van der Waals surface area contributed by atoms with Crippen LogP contribution in [0.15, 0.2) is 78.1 Å². The molecule has 2 aromatic heterocycles. The Morgan fingerprint density at radius 1 is 1.00 bits per heavy atom.